The highest BCUT2D eigenvalue weighted by Crippen LogP contribution is 2.41. The number of rotatable bonds is 4. The van der Waals surface area contributed by atoms with Crippen LogP contribution in [-0.4, -0.2) is 19.1 Å². The summed E-state index contributed by atoms with van der Waals surface area (Å²) >= 11 is 8.98. The molecule has 1 N–H and O–H groups in total. The van der Waals surface area contributed by atoms with Gasteiger partial charge in [-0.25, -0.2) is 12.8 Å². The molecule has 138 valence electrons. The van der Waals surface area contributed by atoms with Gasteiger partial charge in [0.05, 0.1) is 10.6 Å². The lowest BCUT2D eigenvalue weighted by Gasteiger charge is -2.27. The zero-order chi connectivity index (χ0) is 18.9. The Morgan fingerprint density at radius 3 is 2.31 bits per heavy atom. The third kappa shape index (κ3) is 3.40. The highest BCUT2D eigenvalue weighted by molar-refractivity contribution is 9.10. The normalized spacial score (nSPS) is 16.4. The molecular weight excluding hydrogens is 445 g/mol. The molecule has 1 amide bonds. The summed E-state index contributed by atoms with van der Waals surface area (Å²) < 4.78 is 39.5. The van der Waals surface area contributed by atoms with Crippen LogP contribution >= 0.6 is 27.5 Å². The minimum Gasteiger partial charge on any atom is -0.322 e. The van der Waals surface area contributed by atoms with E-state index in [1.54, 1.807) is 6.07 Å². The van der Waals surface area contributed by atoms with E-state index in [2.05, 4.69) is 21.2 Å². The van der Waals surface area contributed by atoms with Gasteiger partial charge in [0.2, 0.25) is 5.91 Å². The standard InChI is InChI=1S/C18H16BrClFNO3S/c19-12-3-8-16(15(21)11-12)22-17(23)18(9-1-2-10-18)26(24,25)14-6-4-13(20)5-7-14/h3-8,11H,1-2,9-10H2,(H,22,23). The Morgan fingerprint density at radius 2 is 1.73 bits per heavy atom. The van der Waals surface area contributed by atoms with Crippen molar-refractivity contribution < 1.29 is 17.6 Å². The molecule has 0 aliphatic heterocycles. The number of hydrogen-bond donors (Lipinski definition) is 1. The first-order valence-electron chi connectivity index (χ1n) is 8.03. The van der Waals surface area contributed by atoms with E-state index in [9.17, 15) is 17.6 Å². The monoisotopic (exact) mass is 459 g/mol. The summed E-state index contributed by atoms with van der Waals surface area (Å²) in [5.41, 5.74) is -0.0456. The van der Waals surface area contributed by atoms with Gasteiger partial charge in [0.1, 0.15) is 5.82 Å². The van der Waals surface area contributed by atoms with E-state index in [4.69, 9.17) is 11.6 Å². The van der Waals surface area contributed by atoms with Crippen molar-refractivity contribution in [2.24, 2.45) is 0 Å². The topological polar surface area (TPSA) is 63.2 Å². The van der Waals surface area contributed by atoms with Crippen molar-refractivity contribution in [2.45, 2.75) is 35.3 Å². The van der Waals surface area contributed by atoms with Gasteiger partial charge in [0.15, 0.2) is 14.6 Å². The van der Waals surface area contributed by atoms with E-state index >= 15 is 0 Å². The molecule has 1 aliphatic carbocycles. The van der Waals surface area contributed by atoms with E-state index in [-0.39, 0.29) is 23.4 Å². The number of benzene rings is 2. The molecule has 1 aliphatic rings. The third-order valence-corrected chi connectivity index (χ3v) is 7.90. The number of halogens is 3. The van der Waals surface area contributed by atoms with Gasteiger partial charge in [-0.15, -0.1) is 0 Å². The SMILES string of the molecule is O=C(Nc1ccc(Br)cc1F)C1(S(=O)(=O)c2ccc(Cl)cc2)CCCC1. The minimum atomic E-state index is -3.96. The van der Waals surface area contributed by atoms with Crippen LogP contribution in [0.1, 0.15) is 25.7 Å². The first kappa shape index (κ1) is 19.3. The minimum absolute atomic E-state index is 0.0372. The summed E-state index contributed by atoms with van der Waals surface area (Å²) in [6.45, 7) is 0. The van der Waals surface area contributed by atoms with E-state index in [1.165, 1.54) is 36.4 Å². The summed E-state index contributed by atoms with van der Waals surface area (Å²) in [6, 6.07) is 9.93. The molecule has 1 saturated carbocycles. The second kappa shape index (κ2) is 7.29. The molecule has 0 unspecified atom stereocenters. The fraction of sp³-hybridized carbons (Fsp3) is 0.278. The number of hydrogen-bond acceptors (Lipinski definition) is 3. The Hall–Kier alpha value is -1.44. The Balaban J connectivity index is 1.99. The molecule has 0 radical (unpaired) electrons. The maximum absolute atomic E-state index is 14.1. The van der Waals surface area contributed by atoms with Crippen LogP contribution < -0.4 is 5.32 Å². The summed E-state index contributed by atoms with van der Waals surface area (Å²) in [5.74, 6) is -1.34. The largest absolute Gasteiger partial charge is 0.322 e. The number of carbonyl (C=O) groups excluding carboxylic acids is 1. The van der Waals surface area contributed by atoms with E-state index in [1.807, 2.05) is 0 Å². The quantitative estimate of drug-likeness (QED) is 0.701. The molecule has 1 fully saturated rings. The van der Waals surface area contributed by atoms with Crippen molar-refractivity contribution in [3.63, 3.8) is 0 Å². The van der Waals surface area contributed by atoms with Crippen LogP contribution in [0, 0.1) is 5.82 Å². The van der Waals surface area contributed by atoms with Crippen LogP contribution in [0.2, 0.25) is 5.02 Å². The molecule has 2 aromatic rings. The fourth-order valence-electron chi connectivity index (χ4n) is 3.23. The molecule has 0 saturated heterocycles. The van der Waals surface area contributed by atoms with Crippen LogP contribution in [0.5, 0.6) is 0 Å². The number of sulfone groups is 1. The highest BCUT2D eigenvalue weighted by atomic mass is 79.9. The Labute approximate surface area is 164 Å². The van der Waals surface area contributed by atoms with Gasteiger partial charge in [-0.3, -0.25) is 4.79 Å². The van der Waals surface area contributed by atoms with Gasteiger partial charge < -0.3 is 5.32 Å². The van der Waals surface area contributed by atoms with Crippen LogP contribution in [0.3, 0.4) is 0 Å². The zero-order valence-corrected chi connectivity index (χ0v) is 16.8. The first-order chi connectivity index (χ1) is 12.3. The van der Waals surface area contributed by atoms with Crippen molar-refractivity contribution in [3.8, 4) is 0 Å². The van der Waals surface area contributed by atoms with Crippen molar-refractivity contribution in [1.29, 1.82) is 0 Å². The van der Waals surface area contributed by atoms with E-state index < -0.39 is 26.3 Å². The Bertz CT molecular complexity index is 941. The van der Waals surface area contributed by atoms with E-state index in [0.717, 1.165) is 0 Å². The smallest absolute Gasteiger partial charge is 0.246 e. The summed E-state index contributed by atoms with van der Waals surface area (Å²) in [7, 11) is -3.96. The number of amides is 1. The summed E-state index contributed by atoms with van der Waals surface area (Å²) in [4.78, 5) is 13.0. The predicted octanol–water partition coefficient (Wildman–Crippen LogP) is 4.97. The fourth-order valence-corrected chi connectivity index (χ4v) is 5.76. The van der Waals surface area contributed by atoms with Gasteiger partial charge in [-0.05, 0) is 55.3 Å². The number of anilines is 1. The lowest BCUT2D eigenvalue weighted by Crippen LogP contribution is -2.47. The maximum atomic E-state index is 14.1. The van der Waals surface area contributed by atoms with Crippen molar-refractivity contribution >= 4 is 49.0 Å². The molecular formula is C18H16BrClFNO3S. The molecule has 0 aromatic heterocycles. The van der Waals surface area contributed by atoms with Gasteiger partial charge in [-0.1, -0.05) is 40.4 Å². The van der Waals surface area contributed by atoms with Gasteiger partial charge in [-0.2, -0.15) is 0 Å². The van der Waals surface area contributed by atoms with Crippen LogP contribution in [0.4, 0.5) is 10.1 Å². The Kier molecular flexibility index (Phi) is 5.42. The third-order valence-electron chi connectivity index (χ3n) is 4.64. The average Bonchev–Trinajstić information content (AvgIpc) is 3.09. The molecule has 3 rings (SSSR count). The summed E-state index contributed by atoms with van der Waals surface area (Å²) in [6.07, 6.45) is 1.62. The van der Waals surface area contributed by atoms with Gasteiger partial charge in [0, 0.05) is 9.50 Å². The molecule has 8 heteroatoms. The summed E-state index contributed by atoms with van der Waals surface area (Å²) in [5, 5.41) is 2.88. The van der Waals surface area contributed by atoms with Gasteiger partial charge >= 0.3 is 0 Å². The second-order valence-electron chi connectivity index (χ2n) is 6.24. The van der Waals surface area contributed by atoms with Crippen LogP contribution in [0.25, 0.3) is 0 Å². The molecule has 2 aromatic carbocycles. The Morgan fingerprint density at radius 1 is 1.12 bits per heavy atom. The average molecular weight is 461 g/mol. The molecule has 0 bridgehead atoms. The first-order valence-corrected chi connectivity index (χ1v) is 10.7. The lowest BCUT2D eigenvalue weighted by atomic mass is 10.1. The maximum Gasteiger partial charge on any atom is 0.246 e. The van der Waals surface area contributed by atoms with Crippen molar-refractivity contribution in [2.75, 3.05) is 5.32 Å². The highest BCUT2D eigenvalue weighted by Gasteiger charge is 2.53. The molecule has 0 atom stereocenters. The second-order valence-corrected chi connectivity index (χ2v) is 9.85. The molecule has 4 nitrogen and oxygen atoms in total. The van der Waals surface area contributed by atoms with Crippen LogP contribution in [-0.2, 0) is 14.6 Å². The zero-order valence-electron chi connectivity index (χ0n) is 13.6. The number of nitrogens with one attached hydrogen (secondary N) is 1. The molecule has 0 spiro atoms. The molecule has 0 heterocycles. The molecule has 26 heavy (non-hydrogen) atoms. The van der Waals surface area contributed by atoms with Crippen molar-refractivity contribution in [1.82, 2.24) is 0 Å². The number of carbonyl (C=O) groups is 1. The van der Waals surface area contributed by atoms with E-state index in [0.29, 0.717) is 22.3 Å². The predicted molar refractivity (Wildman–Crippen MR) is 103 cm³/mol. The van der Waals surface area contributed by atoms with Crippen LogP contribution in [0.15, 0.2) is 51.8 Å². The lowest BCUT2D eigenvalue weighted by molar-refractivity contribution is -0.118. The van der Waals surface area contributed by atoms with Crippen molar-refractivity contribution in [3.05, 3.63) is 57.8 Å². The van der Waals surface area contributed by atoms with Gasteiger partial charge in [0.25, 0.3) is 0 Å².